The summed E-state index contributed by atoms with van der Waals surface area (Å²) in [5, 5.41) is 18.3. The minimum atomic E-state index is -0.707. The smallest absolute Gasteiger partial charge is 0.306 e. The molecule has 1 saturated carbocycles. The predicted molar refractivity (Wildman–Crippen MR) is 49.4 cm³/mol. The van der Waals surface area contributed by atoms with Crippen molar-refractivity contribution in [2.45, 2.75) is 45.1 Å². The Hall–Kier alpha value is -0.570. The average Bonchev–Trinajstić information content (AvgIpc) is 2.04. The van der Waals surface area contributed by atoms with Crippen LogP contribution in [-0.4, -0.2) is 22.3 Å². The van der Waals surface area contributed by atoms with Crippen molar-refractivity contribution in [3.63, 3.8) is 0 Å². The molecule has 3 heteroatoms. The van der Waals surface area contributed by atoms with Gasteiger partial charge in [-0.1, -0.05) is 13.3 Å². The van der Waals surface area contributed by atoms with Crippen LogP contribution in [0.1, 0.15) is 39.0 Å². The number of carboxylic acids is 1. The third-order valence-corrected chi connectivity index (χ3v) is 3.01. The highest BCUT2D eigenvalue weighted by Gasteiger charge is 2.30. The summed E-state index contributed by atoms with van der Waals surface area (Å²) in [5.74, 6) is -0.775. The highest BCUT2D eigenvalue weighted by Crippen LogP contribution is 2.31. The second-order valence-corrected chi connectivity index (χ2v) is 3.93. The van der Waals surface area contributed by atoms with Gasteiger partial charge in [-0.15, -0.1) is 0 Å². The summed E-state index contributed by atoms with van der Waals surface area (Å²) < 4.78 is 0. The van der Waals surface area contributed by atoms with Gasteiger partial charge in [-0.3, -0.25) is 4.79 Å². The maximum atomic E-state index is 10.9. The summed E-state index contributed by atoms with van der Waals surface area (Å²) in [6, 6.07) is 0. The molecule has 0 spiro atoms. The molecule has 1 aliphatic carbocycles. The number of carboxylic acid groups (broad SMARTS) is 1. The fraction of sp³-hybridized carbons (Fsp3) is 0.900. The van der Waals surface area contributed by atoms with Crippen molar-refractivity contribution in [1.82, 2.24) is 0 Å². The first kappa shape index (κ1) is 10.5. The molecule has 2 N–H and O–H groups in total. The molecule has 3 nitrogen and oxygen atoms in total. The van der Waals surface area contributed by atoms with Crippen LogP contribution in [0.3, 0.4) is 0 Å². The van der Waals surface area contributed by atoms with Gasteiger partial charge in [0.25, 0.3) is 0 Å². The second-order valence-electron chi connectivity index (χ2n) is 3.93. The molecule has 0 aromatic carbocycles. The van der Waals surface area contributed by atoms with Crippen LogP contribution in [0.4, 0.5) is 0 Å². The monoisotopic (exact) mass is 186 g/mol. The van der Waals surface area contributed by atoms with Gasteiger partial charge in [0.2, 0.25) is 0 Å². The molecule has 0 aromatic rings. The van der Waals surface area contributed by atoms with Crippen molar-refractivity contribution in [3.05, 3.63) is 0 Å². The van der Waals surface area contributed by atoms with Crippen LogP contribution in [0.25, 0.3) is 0 Å². The SMILES string of the molecule is CC[C@@H](C(=O)O)C1CCCC(O)C1. The zero-order chi connectivity index (χ0) is 9.84. The number of aliphatic hydroxyl groups is 1. The van der Waals surface area contributed by atoms with Gasteiger partial charge in [-0.05, 0) is 31.6 Å². The van der Waals surface area contributed by atoms with E-state index in [4.69, 9.17) is 5.11 Å². The highest BCUT2D eigenvalue weighted by atomic mass is 16.4. The lowest BCUT2D eigenvalue weighted by atomic mass is 9.78. The largest absolute Gasteiger partial charge is 0.481 e. The fourth-order valence-electron chi connectivity index (χ4n) is 2.28. The van der Waals surface area contributed by atoms with E-state index in [-0.39, 0.29) is 17.9 Å². The van der Waals surface area contributed by atoms with E-state index in [1.165, 1.54) is 0 Å². The Morgan fingerprint density at radius 2 is 2.23 bits per heavy atom. The van der Waals surface area contributed by atoms with Gasteiger partial charge in [-0.25, -0.2) is 0 Å². The van der Waals surface area contributed by atoms with Crippen molar-refractivity contribution in [3.8, 4) is 0 Å². The van der Waals surface area contributed by atoms with Crippen molar-refractivity contribution in [2.24, 2.45) is 11.8 Å². The number of aliphatic hydroxyl groups excluding tert-OH is 1. The quantitative estimate of drug-likeness (QED) is 0.704. The van der Waals surface area contributed by atoms with E-state index in [1.807, 2.05) is 6.92 Å². The van der Waals surface area contributed by atoms with Crippen LogP contribution < -0.4 is 0 Å². The molecule has 0 amide bonds. The number of hydrogen-bond acceptors (Lipinski definition) is 2. The summed E-state index contributed by atoms with van der Waals surface area (Å²) in [6.45, 7) is 1.90. The zero-order valence-electron chi connectivity index (χ0n) is 8.07. The fourth-order valence-corrected chi connectivity index (χ4v) is 2.28. The Balaban J connectivity index is 2.52. The summed E-state index contributed by atoms with van der Waals surface area (Å²) in [4.78, 5) is 10.9. The minimum Gasteiger partial charge on any atom is -0.481 e. The number of hydrogen-bond donors (Lipinski definition) is 2. The Kier molecular flexibility index (Phi) is 3.72. The van der Waals surface area contributed by atoms with Gasteiger partial charge < -0.3 is 10.2 Å². The first-order valence-electron chi connectivity index (χ1n) is 5.06. The van der Waals surface area contributed by atoms with Crippen LogP contribution >= 0.6 is 0 Å². The maximum Gasteiger partial charge on any atom is 0.306 e. The minimum absolute atomic E-state index is 0.186. The van der Waals surface area contributed by atoms with Gasteiger partial charge in [-0.2, -0.15) is 0 Å². The van der Waals surface area contributed by atoms with Gasteiger partial charge in [0.15, 0.2) is 0 Å². The van der Waals surface area contributed by atoms with Crippen molar-refractivity contribution in [2.75, 3.05) is 0 Å². The van der Waals surface area contributed by atoms with Crippen LogP contribution in [-0.2, 0) is 4.79 Å². The summed E-state index contributed by atoms with van der Waals surface area (Å²) in [7, 11) is 0. The van der Waals surface area contributed by atoms with Gasteiger partial charge in [0.05, 0.1) is 12.0 Å². The summed E-state index contributed by atoms with van der Waals surface area (Å²) >= 11 is 0. The first-order chi connectivity index (χ1) is 6.15. The normalized spacial score (nSPS) is 31.2. The number of rotatable bonds is 3. The Morgan fingerprint density at radius 3 is 2.69 bits per heavy atom. The molecule has 0 bridgehead atoms. The molecule has 0 aliphatic heterocycles. The topological polar surface area (TPSA) is 57.5 Å². The summed E-state index contributed by atoms with van der Waals surface area (Å²) in [6.07, 6.45) is 3.84. The van der Waals surface area contributed by atoms with E-state index in [0.29, 0.717) is 12.8 Å². The van der Waals surface area contributed by atoms with Crippen molar-refractivity contribution >= 4 is 5.97 Å². The van der Waals surface area contributed by atoms with Crippen molar-refractivity contribution in [1.29, 1.82) is 0 Å². The van der Waals surface area contributed by atoms with Gasteiger partial charge in [0.1, 0.15) is 0 Å². The van der Waals surface area contributed by atoms with E-state index in [0.717, 1.165) is 19.3 Å². The maximum absolute atomic E-state index is 10.9. The molecule has 3 atom stereocenters. The highest BCUT2D eigenvalue weighted by molar-refractivity contribution is 5.70. The van der Waals surface area contributed by atoms with E-state index < -0.39 is 5.97 Å². The molecule has 0 heterocycles. The standard InChI is InChI=1S/C10H18O3/c1-2-9(10(12)13)7-4-3-5-8(11)6-7/h7-9,11H,2-6H2,1H3,(H,12,13)/t7?,8?,9-/m1/s1. The van der Waals surface area contributed by atoms with Crippen LogP contribution in [0.2, 0.25) is 0 Å². The molecule has 1 fully saturated rings. The van der Waals surface area contributed by atoms with Crippen LogP contribution in [0.15, 0.2) is 0 Å². The molecule has 0 radical (unpaired) electrons. The Bertz CT molecular complexity index is 179. The molecule has 13 heavy (non-hydrogen) atoms. The Labute approximate surface area is 78.8 Å². The number of carbonyl (C=O) groups is 1. The lowest BCUT2D eigenvalue weighted by Crippen LogP contribution is -2.29. The lowest BCUT2D eigenvalue weighted by Gasteiger charge is -2.29. The molecule has 2 unspecified atom stereocenters. The lowest BCUT2D eigenvalue weighted by molar-refractivity contribution is -0.144. The van der Waals surface area contributed by atoms with Crippen LogP contribution in [0.5, 0.6) is 0 Å². The summed E-state index contributed by atoms with van der Waals surface area (Å²) in [5.41, 5.74) is 0. The number of aliphatic carboxylic acids is 1. The molecule has 0 aromatic heterocycles. The van der Waals surface area contributed by atoms with E-state index >= 15 is 0 Å². The van der Waals surface area contributed by atoms with E-state index in [2.05, 4.69) is 0 Å². The van der Waals surface area contributed by atoms with Gasteiger partial charge in [0, 0.05) is 0 Å². The van der Waals surface area contributed by atoms with E-state index in [1.54, 1.807) is 0 Å². The molecule has 0 saturated heterocycles. The third kappa shape index (κ3) is 2.69. The average molecular weight is 186 g/mol. The molecule has 76 valence electrons. The predicted octanol–water partition coefficient (Wildman–Crippen LogP) is 1.65. The second kappa shape index (κ2) is 4.61. The molecular weight excluding hydrogens is 168 g/mol. The van der Waals surface area contributed by atoms with E-state index in [9.17, 15) is 9.90 Å². The van der Waals surface area contributed by atoms with Gasteiger partial charge >= 0.3 is 5.97 Å². The first-order valence-corrected chi connectivity index (χ1v) is 5.06. The zero-order valence-corrected chi connectivity index (χ0v) is 8.07. The third-order valence-electron chi connectivity index (χ3n) is 3.01. The Morgan fingerprint density at radius 1 is 1.54 bits per heavy atom. The van der Waals surface area contributed by atoms with Crippen molar-refractivity contribution < 1.29 is 15.0 Å². The molecule has 1 rings (SSSR count). The molecular formula is C10H18O3. The van der Waals surface area contributed by atoms with Crippen LogP contribution in [0, 0.1) is 11.8 Å². The molecule has 1 aliphatic rings.